The van der Waals surface area contributed by atoms with Gasteiger partial charge in [-0.1, -0.05) is 36.4 Å². The maximum absolute atomic E-state index is 13.9. The van der Waals surface area contributed by atoms with Crippen LogP contribution >= 0.6 is 0 Å². The van der Waals surface area contributed by atoms with E-state index < -0.39 is 5.82 Å². The van der Waals surface area contributed by atoms with Gasteiger partial charge in [-0.05, 0) is 31.0 Å². The Morgan fingerprint density at radius 1 is 1.20 bits per heavy atom. The summed E-state index contributed by atoms with van der Waals surface area (Å²) in [6, 6.07) is 15.0. The highest BCUT2D eigenvalue weighted by Gasteiger charge is 2.10. The first-order chi connectivity index (χ1) is 9.63. The molecule has 20 heavy (non-hydrogen) atoms. The van der Waals surface area contributed by atoms with Crippen LogP contribution in [-0.2, 0) is 6.54 Å². The van der Waals surface area contributed by atoms with E-state index in [0.29, 0.717) is 12.1 Å². The molecule has 0 aliphatic carbocycles. The van der Waals surface area contributed by atoms with Crippen molar-refractivity contribution in [3.05, 3.63) is 70.5 Å². The quantitative estimate of drug-likeness (QED) is 0.914. The van der Waals surface area contributed by atoms with Crippen LogP contribution in [0.25, 0.3) is 0 Å². The molecule has 2 aromatic carbocycles. The molecule has 1 N–H and O–H groups in total. The molecule has 0 radical (unpaired) electrons. The topological polar surface area (TPSA) is 35.8 Å². The Labute approximate surface area is 118 Å². The number of rotatable bonds is 4. The second-order valence-electron chi connectivity index (χ2n) is 4.85. The van der Waals surface area contributed by atoms with Crippen LogP contribution in [0, 0.1) is 24.1 Å². The van der Waals surface area contributed by atoms with E-state index in [1.165, 1.54) is 17.2 Å². The summed E-state index contributed by atoms with van der Waals surface area (Å²) in [5, 5.41) is 12.1. The molecule has 1 atom stereocenters. The molecule has 2 nitrogen and oxygen atoms in total. The maximum Gasteiger partial charge on any atom is 0.145 e. The summed E-state index contributed by atoms with van der Waals surface area (Å²) in [6.45, 7) is 4.51. The molecule has 0 aliphatic heterocycles. The lowest BCUT2D eigenvalue weighted by molar-refractivity contribution is 0.541. The Kier molecular flexibility index (Phi) is 4.49. The molecule has 0 bridgehead atoms. The lowest BCUT2D eigenvalue weighted by atomic mass is 10.0. The molecule has 3 heteroatoms. The van der Waals surface area contributed by atoms with Gasteiger partial charge >= 0.3 is 0 Å². The third kappa shape index (κ3) is 3.04. The van der Waals surface area contributed by atoms with Gasteiger partial charge in [-0.15, -0.1) is 0 Å². The SMILES string of the molecule is Cc1ccccc1[C@@H](C)NCc1cccc(C#N)c1F. The van der Waals surface area contributed by atoms with Gasteiger partial charge in [-0.2, -0.15) is 5.26 Å². The zero-order chi connectivity index (χ0) is 14.5. The zero-order valence-electron chi connectivity index (χ0n) is 11.7. The van der Waals surface area contributed by atoms with E-state index in [2.05, 4.69) is 24.4 Å². The highest BCUT2D eigenvalue weighted by atomic mass is 19.1. The predicted octanol–water partition coefficient (Wildman–Crippen LogP) is 3.86. The Morgan fingerprint density at radius 2 is 1.95 bits per heavy atom. The van der Waals surface area contributed by atoms with Crippen molar-refractivity contribution in [2.45, 2.75) is 26.4 Å². The normalized spacial score (nSPS) is 11.9. The number of nitriles is 1. The summed E-state index contributed by atoms with van der Waals surface area (Å²) in [4.78, 5) is 0. The maximum atomic E-state index is 13.9. The fourth-order valence-electron chi connectivity index (χ4n) is 2.25. The van der Waals surface area contributed by atoms with Crippen molar-refractivity contribution in [2.75, 3.05) is 0 Å². The summed E-state index contributed by atoms with van der Waals surface area (Å²) in [5.74, 6) is -0.431. The van der Waals surface area contributed by atoms with Crippen LogP contribution in [0.2, 0.25) is 0 Å². The average molecular weight is 268 g/mol. The molecule has 2 rings (SSSR count). The number of hydrogen-bond acceptors (Lipinski definition) is 2. The summed E-state index contributed by atoms with van der Waals surface area (Å²) in [5.41, 5.74) is 3.01. The Hall–Kier alpha value is -2.18. The largest absolute Gasteiger partial charge is 0.306 e. The smallest absolute Gasteiger partial charge is 0.145 e. The summed E-state index contributed by atoms with van der Waals surface area (Å²) in [7, 11) is 0. The first-order valence-electron chi connectivity index (χ1n) is 6.60. The van der Waals surface area contributed by atoms with Crippen LogP contribution in [-0.4, -0.2) is 0 Å². The zero-order valence-corrected chi connectivity index (χ0v) is 11.7. The van der Waals surface area contributed by atoms with Gasteiger partial charge in [0.15, 0.2) is 0 Å². The minimum atomic E-state index is -0.431. The number of halogens is 1. The average Bonchev–Trinajstić information content (AvgIpc) is 2.46. The molecule has 102 valence electrons. The van der Waals surface area contributed by atoms with E-state index in [9.17, 15) is 4.39 Å². The molecule has 0 aromatic heterocycles. The molecule has 2 aromatic rings. The number of aryl methyl sites for hydroxylation is 1. The highest BCUT2D eigenvalue weighted by Crippen LogP contribution is 2.18. The van der Waals surface area contributed by atoms with Crippen LogP contribution in [0.15, 0.2) is 42.5 Å². The van der Waals surface area contributed by atoms with Crippen molar-refractivity contribution in [1.29, 1.82) is 5.26 Å². The van der Waals surface area contributed by atoms with E-state index >= 15 is 0 Å². The van der Waals surface area contributed by atoms with Crippen molar-refractivity contribution < 1.29 is 4.39 Å². The van der Waals surface area contributed by atoms with E-state index in [4.69, 9.17) is 5.26 Å². The summed E-state index contributed by atoms with van der Waals surface area (Å²) < 4.78 is 13.9. The second-order valence-corrected chi connectivity index (χ2v) is 4.85. The lowest BCUT2D eigenvalue weighted by Crippen LogP contribution is -2.19. The molecular weight excluding hydrogens is 251 g/mol. The molecule has 0 spiro atoms. The molecule has 0 amide bonds. The third-order valence-corrected chi connectivity index (χ3v) is 3.45. The monoisotopic (exact) mass is 268 g/mol. The van der Waals surface area contributed by atoms with Gasteiger partial charge < -0.3 is 5.32 Å². The minimum absolute atomic E-state index is 0.0906. The number of benzene rings is 2. The minimum Gasteiger partial charge on any atom is -0.306 e. The van der Waals surface area contributed by atoms with E-state index in [-0.39, 0.29) is 11.6 Å². The molecule has 0 unspecified atom stereocenters. The third-order valence-electron chi connectivity index (χ3n) is 3.45. The molecule has 0 saturated heterocycles. The first-order valence-corrected chi connectivity index (χ1v) is 6.60. The van der Waals surface area contributed by atoms with Gasteiger partial charge in [0.25, 0.3) is 0 Å². The second kappa shape index (κ2) is 6.31. The van der Waals surface area contributed by atoms with Gasteiger partial charge in [-0.25, -0.2) is 4.39 Å². The van der Waals surface area contributed by atoms with Crippen molar-refractivity contribution >= 4 is 0 Å². The van der Waals surface area contributed by atoms with Gasteiger partial charge in [0.1, 0.15) is 11.9 Å². The Morgan fingerprint density at radius 3 is 2.65 bits per heavy atom. The predicted molar refractivity (Wildman–Crippen MR) is 77.5 cm³/mol. The van der Waals surface area contributed by atoms with E-state index in [0.717, 1.165) is 0 Å². The first kappa shape index (κ1) is 14.2. The highest BCUT2D eigenvalue weighted by molar-refractivity contribution is 5.35. The fourth-order valence-corrected chi connectivity index (χ4v) is 2.25. The molecule has 0 heterocycles. The Balaban J connectivity index is 2.10. The number of nitrogens with one attached hydrogen (secondary N) is 1. The van der Waals surface area contributed by atoms with Crippen molar-refractivity contribution in [3.8, 4) is 6.07 Å². The van der Waals surface area contributed by atoms with Crippen LogP contribution in [0.3, 0.4) is 0 Å². The molecular formula is C17H17FN2. The van der Waals surface area contributed by atoms with Crippen LogP contribution in [0.1, 0.15) is 35.2 Å². The van der Waals surface area contributed by atoms with Gasteiger partial charge in [-0.3, -0.25) is 0 Å². The van der Waals surface area contributed by atoms with Crippen molar-refractivity contribution in [2.24, 2.45) is 0 Å². The van der Waals surface area contributed by atoms with E-state index in [1.807, 2.05) is 25.1 Å². The van der Waals surface area contributed by atoms with Crippen LogP contribution in [0.5, 0.6) is 0 Å². The fraction of sp³-hybridized carbons (Fsp3) is 0.235. The van der Waals surface area contributed by atoms with Crippen LogP contribution < -0.4 is 5.32 Å². The van der Waals surface area contributed by atoms with E-state index in [1.54, 1.807) is 12.1 Å². The lowest BCUT2D eigenvalue weighted by Gasteiger charge is -2.17. The summed E-state index contributed by atoms with van der Waals surface area (Å²) >= 11 is 0. The molecule has 0 saturated carbocycles. The number of nitrogens with zero attached hydrogens (tertiary/aromatic N) is 1. The molecule has 0 fully saturated rings. The van der Waals surface area contributed by atoms with Crippen molar-refractivity contribution in [1.82, 2.24) is 5.32 Å². The van der Waals surface area contributed by atoms with Gasteiger partial charge in [0, 0.05) is 18.2 Å². The summed E-state index contributed by atoms with van der Waals surface area (Å²) in [6.07, 6.45) is 0. The number of hydrogen-bond donors (Lipinski definition) is 1. The standard InChI is InChI=1S/C17H17FN2/c1-12-6-3-4-9-16(12)13(2)20-11-15-8-5-7-14(10-19)17(15)18/h3-9,13,20H,11H2,1-2H3/t13-/m1/s1. The van der Waals surface area contributed by atoms with Crippen molar-refractivity contribution in [3.63, 3.8) is 0 Å². The van der Waals surface area contributed by atoms with Crippen LogP contribution in [0.4, 0.5) is 4.39 Å². The molecule has 0 aliphatic rings. The Bertz CT molecular complexity index is 644. The van der Waals surface area contributed by atoms with Gasteiger partial charge in [0.2, 0.25) is 0 Å². The van der Waals surface area contributed by atoms with Gasteiger partial charge in [0.05, 0.1) is 5.56 Å².